The van der Waals surface area contributed by atoms with E-state index in [4.69, 9.17) is 5.11 Å². The Hall–Kier alpha value is -2.82. The van der Waals surface area contributed by atoms with Gasteiger partial charge in [0.1, 0.15) is 12.2 Å². The molecule has 0 bridgehead atoms. The molecule has 0 fully saturated rings. The van der Waals surface area contributed by atoms with Gasteiger partial charge in [-0.1, -0.05) is 23.8 Å². The lowest BCUT2D eigenvalue weighted by Crippen LogP contribution is -2.29. The summed E-state index contributed by atoms with van der Waals surface area (Å²) in [5.41, 5.74) is 3.87. The molecule has 2 aromatic rings. The molecule has 5 nitrogen and oxygen atoms in total. The molecule has 23 heavy (non-hydrogen) atoms. The first-order chi connectivity index (χ1) is 10.8. The van der Waals surface area contributed by atoms with Crippen LogP contribution >= 0.6 is 0 Å². The Morgan fingerprint density at radius 1 is 1.04 bits per heavy atom. The molecule has 0 aliphatic heterocycles. The highest BCUT2D eigenvalue weighted by atomic mass is 16.4. The van der Waals surface area contributed by atoms with Gasteiger partial charge in [-0.15, -0.1) is 0 Å². The van der Waals surface area contributed by atoms with E-state index < -0.39 is 18.3 Å². The Labute approximate surface area is 134 Å². The van der Waals surface area contributed by atoms with E-state index in [-0.39, 0.29) is 5.75 Å². The predicted octanol–water partition coefficient (Wildman–Crippen LogP) is 3.46. The molecular weight excluding hydrogens is 294 g/mol. The number of carbonyl (C=O) groups is 2. The largest absolute Gasteiger partial charge is 0.508 e. The Balaban J connectivity index is 2.63. The second-order valence-electron chi connectivity index (χ2n) is 5.57. The number of hydrogen-bond donors (Lipinski definition) is 2. The molecule has 0 saturated heterocycles. The summed E-state index contributed by atoms with van der Waals surface area (Å²) < 4.78 is 0. The molecule has 0 unspecified atom stereocenters. The molecule has 0 saturated carbocycles. The van der Waals surface area contributed by atoms with Crippen LogP contribution in [0.4, 0.5) is 11.4 Å². The molecule has 0 heterocycles. The number of phenols is 1. The van der Waals surface area contributed by atoms with Gasteiger partial charge in [-0.25, -0.2) is 0 Å². The van der Waals surface area contributed by atoms with E-state index in [1.54, 1.807) is 12.1 Å². The van der Waals surface area contributed by atoms with Gasteiger partial charge in [-0.3, -0.25) is 14.5 Å². The smallest absolute Gasteiger partial charge is 0.312 e. The van der Waals surface area contributed by atoms with Crippen molar-refractivity contribution in [3.8, 4) is 5.75 Å². The zero-order valence-electron chi connectivity index (χ0n) is 13.3. The molecule has 1 amide bonds. The van der Waals surface area contributed by atoms with Crippen molar-refractivity contribution >= 4 is 23.3 Å². The van der Waals surface area contributed by atoms with Gasteiger partial charge in [-0.05, 0) is 44.0 Å². The third-order valence-corrected chi connectivity index (χ3v) is 3.50. The van der Waals surface area contributed by atoms with Crippen molar-refractivity contribution in [1.82, 2.24) is 0 Å². The molecule has 0 aliphatic rings. The number of phenolic OH excluding ortho intramolecular Hbond substituents is 1. The lowest BCUT2D eigenvalue weighted by Gasteiger charge is -2.26. The summed E-state index contributed by atoms with van der Waals surface area (Å²) in [4.78, 5) is 24.8. The van der Waals surface area contributed by atoms with Crippen molar-refractivity contribution in [1.29, 1.82) is 0 Å². The van der Waals surface area contributed by atoms with Gasteiger partial charge in [0.15, 0.2) is 0 Å². The summed E-state index contributed by atoms with van der Waals surface area (Å²) in [6.45, 7) is 5.71. The van der Waals surface area contributed by atoms with Crippen LogP contribution in [0.1, 0.15) is 23.1 Å². The van der Waals surface area contributed by atoms with E-state index in [1.165, 1.54) is 17.0 Å². The van der Waals surface area contributed by atoms with Gasteiger partial charge in [0, 0.05) is 6.07 Å². The van der Waals surface area contributed by atoms with Crippen LogP contribution in [0.2, 0.25) is 0 Å². The van der Waals surface area contributed by atoms with Gasteiger partial charge in [0.2, 0.25) is 5.91 Å². The van der Waals surface area contributed by atoms with E-state index in [2.05, 4.69) is 0 Å². The molecule has 0 atom stereocenters. The Morgan fingerprint density at radius 3 is 2.17 bits per heavy atom. The van der Waals surface area contributed by atoms with Crippen LogP contribution in [0.5, 0.6) is 5.75 Å². The number of aryl methyl sites for hydroxylation is 3. The predicted molar refractivity (Wildman–Crippen MR) is 88.2 cm³/mol. The van der Waals surface area contributed by atoms with Crippen LogP contribution < -0.4 is 4.90 Å². The minimum Gasteiger partial charge on any atom is -0.508 e. The summed E-state index contributed by atoms with van der Waals surface area (Å²) in [6, 6.07) is 10.1. The molecular formula is C18H19NO4. The molecule has 2 N–H and O–H groups in total. The molecule has 0 aromatic heterocycles. The maximum Gasteiger partial charge on any atom is 0.312 e. The summed E-state index contributed by atoms with van der Waals surface area (Å²) in [5.74, 6) is -1.74. The van der Waals surface area contributed by atoms with E-state index in [0.717, 1.165) is 16.7 Å². The molecule has 0 radical (unpaired) electrons. The highest BCUT2D eigenvalue weighted by Crippen LogP contribution is 2.34. The van der Waals surface area contributed by atoms with Crippen LogP contribution in [-0.2, 0) is 9.59 Å². The fourth-order valence-corrected chi connectivity index (χ4v) is 2.76. The third kappa shape index (κ3) is 3.69. The SMILES string of the molecule is Cc1cc(C)c(N(C(=O)CC(=O)O)c2cccc(O)c2)c(C)c1. The minimum atomic E-state index is -1.19. The molecule has 120 valence electrons. The number of aromatic hydroxyl groups is 1. The van der Waals surface area contributed by atoms with E-state index >= 15 is 0 Å². The fourth-order valence-electron chi connectivity index (χ4n) is 2.76. The Morgan fingerprint density at radius 2 is 1.65 bits per heavy atom. The van der Waals surface area contributed by atoms with Crippen LogP contribution in [-0.4, -0.2) is 22.1 Å². The molecule has 2 aromatic carbocycles. The van der Waals surface area contributed by atoms with E-state index in [1.807, 2.05) is 32.9 Å². The van der Waals surface area contributed by atoms with Crippen molar-refractivity contribution in [2.45, 2.75) is 27.2 Å². The summed E-state index contributed by atoms with van der Waals surface area (Å²) in [6.07, 6.45) is -0.623. The fraction of sp³-hybridized carbons (Fsp3) is 0.222. The number of aliphatic carboxylic acids is 1. The van der Waals surface area contributed by atoms with Crippen molar-refractivity contribution < 1.29 is 19.8 Å². The molecule has 2 rings (SSSR count). The first kappa shape index (κ1) is 16.5. The number of nitrogens with zero attached hydrogens (tertiary/aromatic N) is 1. The number of hydrogen-bond acceptors (Lipinski definition) is 3. The Kier molecular flexibility index (Phi) is 4.69. The number of anilines is 2. The van der Waals surface area contributed by atoms with Crippen molar-refractivity contribution in [2.24, 2.45) is 0 Å². The topological polar surface area (TPSA) is 77.8 Å². The lowest BCUT2D eigenvalue weighted by atomic mass is 10.0. The first-order valence-corrected chi connectivity index (χ1v) is 7.21. The zero-order chi connectivity index (χ0) is 17.1. The standard InChI is InChI=1S/C18H19NO4/c1-11-7-12(2)18(13(3)8-11)19(16(21)10-17(22)23)14-5-4-6-15(20)9-14/h4-9,20H,10H2,1-3H3,(H,22,23). The zero-order valence-corrected chi connectivity index (χ0v) is 13.3. The summed E-state index contributed by atoms with van der Waals surface area (Å²) in [7, 11) is 0. The van der Waals surface area contributed by atoms with Gasteiger partial charge in [0.05, 0.1) is 11.4 Å². The monoisotopic (exact) mass is 313 g/mol. The van der Waals surface area contributed by atoms with Gasteiger partial charge >= 0.3 is 5.97 Å². The Bertz CT molecular complexity index is 744. The minimum absolute atomic E-state index is 0.0121. The maximum atomic E-state index is 12.5. The first-order valence-electron chi connectivity index (χ1n) is 7.21. The average Bonchev–Trinajstić information content (AvgIpc) is 2.41. The molecule has 0 aliphatic carbocycles. The highest BCUT2D eigenvalue weighted by molar-refractivity contribution is 6.08. The maximum absolute atomic E-state index is 12.5. The van der Waals surface area contributed by atoms with Gasteiger partial charge in [-0.2, -0.15) is 0 Å². The average molecular weight is 313 g/mol. The second-order valence-corrected chi connectivity index (χ2v) is 5.57. The van der Waals surface area contributed by atoms with Crippen LogP contribution in [0.15, 0.2) is 36.4 Å². The van der Waals surface area contributed by atoms with Crippen LogP contribution in [0.25, 0.3) is 0 Å². The molecule has 0 spiro atoms. The number of carbonyl (C=O) groups excluding carboxylic acids is 1. The van der Waals surface area contributed by atoms with Crippen molar-refractivity contribution in [3.63, 3.8) is 0 Å². The lowest BCUT2D eigenvalue weighted by molar-refractivity contribution is -0.139. The number of rotatable bonds is 4. The summed E-state index contributed by atoms with van der Waals surface area (Å²) in [5, 5.41) is 18.7. The van der Waals surface area contributed by atoms with Crippen molar-refractivity contribution in [2.75, 3.05) is 4.90 Å². The number of carboxylic acids is 1. The number of benzene rings is 2. The van der Waals surface area contributed by atoms with E-state index in [9.17, 15) is 14.7 Å². The van der Waals surface area contributed by atoms with E-state index in [0.29, 0.717) is 11.4 Å². The summed E-state index contributed by atoms with van der Waals surface area (Å²) >= 11 is 0. The number of amides is 1. The quantitative estimate of drug-likeness (QED) is 0.847. The normalized spacial score (nSPS) is 10.4. The van der Waals surface area contributed by atoms with Crippen LogP contribution in [0.3, 0.4) is 0 Å². The van der Waals surface area contributed by atoms with Gasteiger partial charge < -0.3 is 10.2 Å². The second kappa shape index (κ2) is 6.52. The number of carboxylic acid groups (broad SMARTS) is 1. The highest BCUT2D eigenvalue weighted by Gasteiger charge is 2.24. The third-order valence-electron chi connectivity index (χ3n) is 3.50. The molecule has 5 heteroatoms. The van der Waals surface area contributed by atoms with Crippen molar-refractivity contribution in [3.05, 3.63) is 53.1 Å². The van der Waals surface area contributed by atoms with Gasteiger partial charge in [0.25, 0.3) is 0 Å². The van der Waals surface area contributed by atoms with Crippen LogP contribution in [0, 0.1) is 20.8 Å².